The van der Waals surface area contributed by atoms with Gasteiger partial charge in [-0.2, -0.15) is 0 Å². The van der Waals surface area contributed by atoms with Crippen molar-refractivity contribution in [1.29, 1.82) is 0 Å². The molecule has 0 unspecified atom stereocenters. The number of ether oxygens (including phenoxy) is 1. The van der Waals surface area contributed by atoms with Crippen LogP contribution in [0.25, 0.3) is 10.8 Å². The standard InChI is InChI=1S/C14H14N2O2/c1-8(2)14(17)18-11-7-6-9-4-3-5-10(15)12(9)13(11)16/h3-7H,1,15-16H2,2H3. The Hall–Kier alpha value is -2.49. The van der Waals surface area contributed by atoms with Crippen LogP contribution in [0.2, 0.25) is 0 Å². The molecule has 18 heavy (non-hydrogen) atoms. The summed E-state index contributed by atoms with van der Waals surface area (Å²) >= 11 is 0. The topological polar surface area (TPSA) is 78.3 Å². The monoisotopic (exact) mass is 242 g/mol. The van der Waals surface area contributed by atoms with Gasteiger partial charge in [-0.3, -0.25) is 0 Å². The van der Waals surface area contributed by atoms with Gasteiger partial charge in [0, 0.05) is 16.6 Å². The molecule has 0 aromatic heterocycles. The van der Waals surface area contributed by atoms with Crippen molar-refractivity contribution in [2.45, 2.75) is 6.92 Å². The Labute approximate surface area is 105 Å². The molecule has 0 saturated carbocycles. The van der Waals surface area contributed by atoms with Crippen LogP contribution < -0.4 is 16.2 Å². The molecule has 2 aromatic carbocycles. The van der Waals surface area contributed by atoms with E-state index in [4.69, 9.17) is 16.2 Å². The van der Waals surface area contributed by atoms with Gasteiger partial charge in [0.1, 0.15) is 0 Å². The van der Waals surface area contributed by atoms with Crippen LogP contribution in [-0.4, -0.2) is 5.97 Å². The summed E-state index contributed by atoms with van der Waals surface area (Å²) in [5, 5.41) is 1.60. The first-order chi connectivity index (χ1) is 8.50. The number of benzene rings is 2. The van der Waals surface area contributed by atoms with Crippen LogP contribution in [0.1, 0.15) is 6.92 Å². The minimum atomic E-state index is -0.504. The Morgan fingerprint density at radius 1 is 1.22 bits per heavy atom. The zero-order chi connectivity index (χ0) is 13.3. The number of hydrogen-bond acceptors (Lipinski definition) is 4. The smallest absolute Gasteiger partial charge is 0.338 e. The summed E-state index contributed by atoms with van der Waals surface area (Å²) in [5.74, 6) is -0.205. The van der Waals surface area contributed by atoms with Gasteiger partial charge in [-0.05, 0) is 24.4 Å². The average molecular weight is 242 g/mol. The molecule has 0 amide bonds. The second-order valence-electron chi connectivity index (χ2n) is 4.09. The van der Waals surface area contributed by atoms with Crippen LogP contribution in [0.15, 0.2) is 42.5 Å². The van der Waals surface area contributed by atoms with Crippen LogP contribution in [0, 0.1) is 0 Å². The highest BCUT2D eigenvalue weighted by atomic mass is 16.5. The van der Waals surface area contributed by atoms with Crippen LogP contribution >= 0.6 is 0 Å². The van der Waals surface area contributed by atoms with Crippen LogP contribution in [0.5, 0.6) is 5.75 Å². The Balaban J connectivity index is 2.54. The van der Waals surface area contributed by atoms with Crippen LogP contribution in [-0.2, 0) is 4.79 Å². The highest BCUT2D eigenvalue weighted by Crippen LogP contribution is 2.34. The van der Waals surface area contributed by atoms with Gasteiger partial charge in [-0.15, -0.1) is 0 Å². The van der Waals surface area contributed by atoms with Gasteiger partial charge in [-0.1, -0.05) is 24.8 Å². The van der Waals surface area contributed by atoms with Crippen molar-refractivity contribution in [2.75, 3.05) is 11.5 Å². The van der Waals surface area contributed by atoms with E-state index in [1.165, 1.54) is 0 Å². The minimum Gasteiger partial charge on any atom is -0.421 e. The third-order valence-corrected chi connectivity index (χ3v) is 2.63. The summed E-state index contributed by atoms with van der Waals surface area (Å²) < 4.78 is 5.15. The molecule has 2 rings (SSSR count). The van der Waals surface area contributed by atoms with E-state index >= 15 is 0 Å². The molecule has 0 spiro atoms. The molecule has 0 fully saturated rings. The van der Waals surface area contributed by atoms with Crippen LogP contribution in [0.4, 0.5) is 11.4 Å². The largest absolute Gasteiger partial charge is 0.421 e. The average Bonchev–Trinajstić information content (AvgIpc) is 2.32. The molecule has 92 valence electrons. The lowest BCUT2D eigenvalue weighted by molar-refractivity contribution is -0.130. The second kappa shape index (κ2) is 4.41. The summed E-state index contributed by atoms with van der Waals surface area (Å²) in [4.78, 5) is 11.5. The van der Waals surface area contributed by atoms with Crippen molar-refractivity contribution >= 4 is 28.1 Å². The van der Waals surface area contributed by atoms with Gasteiger partial charge < -0.3 is 16.2 Å². The van der Waals surface area contributed by atoms with Crippen LogP contribution in [0.3, 0.4) is 0 Å². The molecule has 2 aromatic rings. The number of nitrogen functional groups attached to an aromatic ring is 2. The number of rotatable bonds is 2. The molecule has 4 heteroatoms. The Kier molecular flexibility index (Phi) is 2.93. The first-order valence-corrected chi connectivity index (χ1v) is 5.45. The molecule has 0 aliphatic rings. The fourth-order valence-corrected chi connectivity index (χ4v) is 1.69. The SMILES string of the molecule is C=C(C)C(=O)Oc1ccc2cccc(N)c2c1N. The number of carbonyl (C=O) groups excluding carboxylic acids is 1. The van der Waals surface area contributed by atoms with E-state index < -0.39 is 5.97 Å². The van der Waals surface area contributed by atoms with E-state index in [-0.39, 0.29) is 0 Å². The Morgan fingerprint density at radius 3 is 2.61 bits per heavy atom. The lowest BCUT2D eigenvalue weighted by Crippen LogP contribution is -2.10. The van der Waals surface area contributed by atoms with Crippen molar-refractivity contribution in [3.8, 4) is 5.75 Å². The van der Waals surface area contributed by atoms with E-state index in [0.29, 0.717) is 28.1 Å². The molecule has 0 aliphatic heterocycles. The molecule has 0 bridgehead atoms. The summed E-state index contributed by atoms with van der Waals surface area (Å²) in [6.07, 6.45) is 0. The van der Waals surface area contributed by atoms with Gasteiger partial charge in [0.25, 0.3) is 0 Å². The maximum absolute atomic E-state index is 11.5. The second-order valence-corrected chi connectivity index (χ2v) is 4.09. The predicted octanol–water partition coefficient (Wildman–Crippen LogP) is 2.49. The third-order valence-electron chi connectivity index (χ3n) is 2.63. The maximum Gasteiger partial charge on any atom is 0.338 e. The lowest BCUT2D eigenvalue weighted by atomic mass is 10.1. The van der Waals surface area contributed by atoms with Gasteiger partial charge >= 0.3 is 5.97 Å². The first-order valence-electron chi connectivity index (χ1n) is 5.45. The van der Waals surface area contributed by atoms with Gasteiger partial charge in [-0.25, -0.2) is 4.79 Å². The highest BCUT2D eigenvalue weighted by Gasteiger charge is 2.12. The number of hydrogen-bond donors (Lipinski definition) is 2. The molecular formula is C14H14N2O2. The summed E-state index contributed by atoms with van der Waals surface area (Å²) in [6.45, 7) is 5.10. The van der Waals surface area contributed by atoms with Gasteiger partial charge in [0.15, 0.2) is 5.75 Å². The highest BCUT2D eigenvalue weighted by molar-refractivity contribution is 6.04. The van der Waals surface area contributed by atoms with Crippen molar-refractivity contribution in [1.82, 2.24) is 0 Å². The quantitative estimate of drug-likeness (QED) is 0.367. The van der Waals surface area contributed by atoms with Gasteiger partial charge in [0.05, 0.1) is 5.69 Å². The summed E-state index contributed by atoms with van der Waals surface area (Å²) in [5.41, 5.74) is 13.1. The number of esters is 1. The number of anilines is 2. The zero-order valence-electron chi connectivity index (χ0n) is 10.1. The van der Waals surface area contributed by atoms with E-state index in [9.17, 15) is 4.79 Å². The molecule has 0 aliphatic carbocycles. The van der Waals surface area contributed by atoms with Crippen molar-refractivity contribution < 1.29 is 9.53 Å². The van der Waals surface area contributed by atoms with E-state index in [1.807, 2.05) is 18.2 Å². The third kappa shape index (κ3) is 2.00. The van der Waals surface area contributed by atoms with E-state index in [0.717, 1.165) is 5.39 Å². The fourth-order valence-electron chi connectivity index (χ4n) is 1.69. The number of carbonyl (C=O) groups is 1. The maximum atomic E-state index is 11.5. The predicted molar refractivity (Wildman–Crippen MR) is 73.2 cm³/mol. The van der Waals surface area contributed by atoms with Gasteiger partial charge in [0.2, 0.25) is 0 Å². The fraction of sp³-hybridized carbons (Fsp3) is 0.0714. The van der Waals surface area contributed by atoms with E-state index in [2.05, 4.69) is 6.58 Å². The van der Waals surface area contributed by atoms with Crippen molar-refractivity contribution in [3.63, 3.8) is 0 Å². The number of fused-ring (bicyclic) bond motifs is 1. The normalized spacial score (nSPS) is 10.3. The minimum absolute atomic E-state index is 0.299. The molecule has 4 N–H and O–H groups in total. The van der Waals surface area contributed by atoms with Crippen molar-refractivity contribution in [2.24, 2.45) is 0 Å². The number of nitrogens with two attached hydrogens (primary N) is 2. The first kappa shape index (κ1) is 12.0. The molecule has 0 heterocycles. The molecular weight excluding hydrogens is 228 g/mol. The summed E-state index contributed by atoms with van der Waals surface area (Å²) in [7, 11) is 0. The van der Waals surface area contributed by atoms with E-state index in [1.54, 1.807) is 19.1 Å². The Bertz CT molecular complexity index is 648. The lowest BCUT2D eigenvalue weighted by Gasteiger charge is -2.11. The molecule has 0 saturated heterocycles. The van der Waals surface area contributed by atoms with Crippen molar-refractivity contribution in [3.05, 3.63) is 42.5 Å². The molecule has 0 atom stereocenters. The zero-order valence-corrected chi connectivity index (χ0v) is 10.1. The summed E-state index contributed by atoms with van der Waals surface area (Å²) in [6, 6.07) is 8.95. The Morgan fingerprint density at radius 2 is 1.94 bits per heavy atom. The molecule has 4 nitrogen and oxygen atoms in total. The molecule has 0 radical (unpaired) electrons.